The molecule has 0 bridgehead atoms. The molecule has 1 aromatic rings. The van der Waals surface area contributed by atoms with Gasteiger partial charge in [-0.3, -0.25) is 0 Å². The normalized spacial score (nSPS) is 11.3. The molecule has 0 spiro atoms. The van der Waals surface area contributed by atoms with Crippen LogP contribution in [0.4, 0.5) is 17.8 Å². The summed E-state index contributed by atoms with van der Waals surface area (Å²) < 4.78 is 0. The van der Waals surface area contributed by atoms with Crippen molar-refractivity contribution in [2.45, 2.75) is 26.7 Å². The minimum atomic E-state index is -0.134. The highest BCUT2D eigenvalue weighted by atomic mass is 16.3. The van der Waals surface area contributed by atoms with Crippen LogP contribution >= 0.6 is 0 Å². The van der Waals surface area contributed by atoms with E-state index in [0.29, 0.717) is 24.4 Å². The molecule has 0 amide bonds. The zero-order valence-electron chi connectivity index (χ0n) is 13.1. The van der Waals surface area contributed by atoms with E-state index in [-0.39, 0.29) is 12.0 Å². The van der Waals surface area contributed by atoms with Crippen molar-refractivity contribution in [3.8, 4) is 0 Å². The van der Waals surface area contributed by atoms with Crippen LogP contribution in [0.15, 0.2) is 0 Å². The number of nitrogens with one attached hydrogen (secondary N) is 2. The van der Waals surface area contributed by atoms with Crippen molar-refractivity contribution < 1.29 is 5.11 Å². The Hall–Kier alpha value is -1.63. The Morgan fingerprint density at radius 1 is 1.10 bits per heavy atom. The van der Waals surface area contributed by atoms with E-state index >= 15 is 0 Å². The van der Waals surface area contributed by atoms with E-state index in [1.807, 2.05) is 19.0 Å². The Morgan fingerprint density at radius 3 is 2.15 bits per heavy atom. The van der Waals surface area contributed by atoms with Gasteiger partial charge < -0.3 is 20.6 Å². The van der Waals surface area contributed by atoms with Crippen LogP contribution < -0.4 is 15.5 Å². The first-order chi connectivity index (χ1) is 9.50. The third-order valence-electron chi connectivity index (χ3n) is 3.70. The van der Waals surface area contributed by atoms with Gasteiger partial charge in [0.1, 0.15) is 0 Å². The Bertz CT molecular complexity index is 411. The summed E-state index contributed by atoms with van der Waals surface area (Å²) in [6.45, 7) is 4.95. The van der Waals surface area contributed by atoms with Crippen LogP contribution in [0, 0.1) is 5.41 Å². The highest BCUT2D eigenvalue weighted by Gasteiger charge is 2.25. The number of hydrogen-bond acceptors (Lipinski definition) is 7. The second-order valence-electron chi connectivity index (χ2n) is 5.15. The molecular formula is C13H26N6O. The van der Waals surface area contributed by atoms with E-state index in [0.717, 1.165) is 12.8 Å². The molecule has 0 aromatic carbocycles. The molecule has 1 heterocycles. The van der Waals surface area contributed by atoms with E-state index < -0.39 is 0 Å². The first kappa shape index (κ1) is 16.4. The lowest BCUT2D eigenvalue weighted by Gasteiger charge is -2.29. The Labute approximate surface area is 120 Å². The monoisotopic (exact) mass is 282 g/mol. The van der Waals surface area contributed by atoms with Gasteiger partial charge in [-0.1, -0.05) is 13.8 Å². The summed E-state index contributed by atoms with van der Waals surface area (Å²) >= 11 is 0. The van der Waals surface area contributed by atoms with Crippen LogP contribution in [0.2, 0.25) is 0 Å². The van der Waals surface area contributed by atoms with E-state index in [9.17, 15) is 5.11 Å². The molecule has 0 saturated heterocycles. The van der Waals surface area contributed by atoms with Crippen LogP contribution in [0.25, 0.3) is 0 Å². The molecule has 0 radical (unpaired) electrons. The van der Waals surface area contributed by atoms with Crippen molar-refractivity contribution in [2.75, 3.05) is 49.8 Å². The minimum absolute atomic E-state index is 0.134. The van der Waals surface area contributed by atoms with Gasteiger partial charge in [0.2, 0.25) is 17.8 Å². The quantitative estimate of drug-likeness (QED) is 0.660. The highest BCUT2D eigenvalue weighted by molar-refractivity contribution is 5.42. The van der Waals surface area contributed by atoms with E-state index in [1.54, 1.807) is 7.05 Å². The summed E-state index contributed by atoms with van der Waals surface area (Å²) in [5.41, 5.74) is -0.134. The lowest BCUT2D eigenvalue weighted by molar-refractivity contribution is 0.127. The van der Waals surface area contributed by atoms with Gasteiger partial charge in [0.05, 0.1) is 6.61 Å². The number of rotatable bonds is 8. The first-order valence-corrected chi connectivity index (χ1v) is 6.96. The maximum absolute atomic E-state index is 9.58. The average Bonchev–Trinajstić information content (AvgIpc) is 2.48. The molecule has 0 aliphatic heterocycles. The SMILES string of the molecule is CCC(CC)(CO)CNc1nc(NC)nc(N(C)C)n1. The van der Waals surface area contributed by atoms with Crippen LogP contribution in [0.1, 0.15) is 26.7 Å². The van der Waals surface area contributed by atoms with E-state index in [1.165, 1.54) is 0 Å². The van der Waals surface area contributed by atoms with Crippen molar-refractivity contribution in [3.63, 3.8) is 0 Å². The van der Waals surface area contributed by atoms with Crippen LogP contribution in [0.5, 0.6) is 0 Å². The number of nitrogens with zero attached hydrogens (tertiary/aromatic N) is 4. The van der Waals surface area contributed by atoms with Crippen molar-refractivity contribution in [1.82, 2.24) is 15.0 Å². The van der Waals surface area contributed by atoms with Gasteiger partial charge in [-0.15, -0.1) is 0 Å². The maximum Gasteiger partial charge on any atom is 0.231 e. The smallest absolute Gasteiger partial charge is 0.231 e. The Balaban J connectivity index is 2.89. The molecule has 0 aliphatic carbocycles. The summed E-state index contributed by atoms with van der Waals surface area (Å²) in [5, 5.41) is 15.7. The molecular weight excluding hydrogens is 256 g/mol. The lowest BCUT2D eigenvalue weighted by Crippen LogP contribution is -2.33. The molecule has 3 N–H and O–H groups in total. The molecule has 0 aliphatic rings. The number of aromatic nitrogens is 3. The summed E-state index contributed by atoms with van der Waals surface area (Å²) in [5.74, 6) is 1.64. The number of hydrogen-bond donors (Lipinski definition) is 3. The minimum Gasteiger partial charge on any atom is -0.396 e. The van der Waals surface area contributed by atoms with E-state index in [2.05, 4.69) is 39.4 Å². The van der Waals surface area contributed by atoms with Gasteiger partial charge in [-0.05, 0) is 12.8 Å². The van der Waals surface area contributed by atoms with Crippen LogP contribution in [0.3, 0.4) is 0 Å². The summed E-state index contributed by atoms with van der Waals surface area (Å²) in [6.07, 6.45) is 1.80. The van der Waals surface area contributed by atoms with Gasteiger partial charge in [-0.25, -0.2) is 0 Å². The van der Waals surface area contributed by atoms with Gasteiger partial charge in [0.25, 0.3) is 0 Å². The number of aliphatic hydroxyl groups excluding tert-OH is 1. The van der Waals surface area contributed by atoms with Crippen LogP contribution in [-0.2, 0) is 0 Å². The third-order valence-corrected chi connectivity index (χ3v) is 3.70. The number of anilines is 3. The molecule has 0 fully saturated rings. The zero-order valence-corrected chi connectivity index (χ0v) is 13.1. The zero-order chi connectivity index (χ0) is 15.2. The topological polar surface area (TPSA) is 86.2 Å². The predicted octanol–water partition coefficient (Wildman–Crippen LogP) is 1.19. The predicted molar refractivity (Wildman–Crippen MR) is 82.3 cm³/mol. The first-order valence-electron chi connectivity index (χ1n) is 6.96. The van der Waals surface area contributed by atoms with Crippen molar-refractivity contribution >= 4 is 17.8 Å². The van der Waals surface area contributed by atoms with Gasteiger partial charge in [0.15, 0.2) is 0 Å². The average molecular weight is 282 g/mol. The highest BCUT2D eigenvalue weighted by Crippen LogP contribution is 2.25. The standard InChI is InChI=1S/C13H26N6O/c1-6-13(7-2,9-20)8-15-11-16-10(14-3)17-12(18-11)19(4)5/h20H,6-9H2,1-5H3,(H2,14,15,16,17,18). The Morgan fingerprint density at radius 2 is 1.70 bits per heavy atom. The molecule has 20 heavy (non-hydrogen) atoms. The number of aliphatic hydroxyl groups is 1. The fraction of sp³-hybridized carbons (Fsp3) is 0.769. The largest absolute Gasteiger partial charge is 0.396 e. The molecule has 7 heteroatoms. The second-order valence-corrected chi connectivity index (χ2v) is 5.15. The Kier molecular flexibility index (Phi) is 5.94. The van der Waals surface area contributed by atoms with Crippen molar-refractivity contribution in [2.24, 2.45) is 5.41 Å². The summed E-state index contributed by atoms with van der Waals surface area (Å²) in [6, 6.07) is 0. The summed E-state index contributed by atoms with van der Waals surface area (Å²) in [7, 11) is 5.54. The van der Waals surface area contributed by atoms with Gasteiger partial charge in [-0.2, -0.15) is 15.0 Å². The maximum atomic E-state index is 9.58. The van der Waals surface area contributed by atoms with Gasteiger partial charge in [0, 0.05) is 33.1 Å². The van der Waals surface area contributed by atoms with E-state index in [4.69, 9.17) is 0 Å². The molecule has 0 atom stereocenters. The van der Waals surface area contributed by atoms with Crippen LogP contribution in [-0.4, -0.2) is 54.4 Å². The fourth-order valence-corrected chi connectivity index (χ4v) is 1.80. The molecule has 7 nitrogen and oxygen atoms in total. The van der Waals surface area contributed by atoms with Crippen molar-refractivity contribution in [1.29, 1.82) is 0 Å². The third kappa shape index (κ3) is 3.93. The molecule has 0 unspecified atom stereocenters. The van der Waals surface area contributed by atoms with Gasteiger partial charge >= 0.3 is 0 Å². The molecule has 1 rings (SSSR count). The second kappa shape index (κ2) is 7.23. The fourth-order valence-electron chi connectivity index (χ4n) is 1.80. The summed E-state index contributed by atoms with van der Waals surface area (Å²) in [4.78, 5) is 14.7. The molecule has 1 aromatic heterocycles. The van der Waals surface area contributed by atoms with Crippen molar-refractivity contribution in [3.05, 3.63) is 0 Å². The molecule has 114 valence electrons. The molecule has 0 saturated carbocycles. The lowest BCUT2D eigenvalue weighted by atomic mass is 9.83.